The molecule has 5 heteroatoms. The summed E-state index contributed by atoms with van der Waals surface area (Å²) in [5.74, 6) is 0.0439. The van der Waals surface area contributed by atoms with Crippen molar-refractivity contribution in [1.82, 2.24) is 14.7 Å². The van der Waals surface area contributed by atoms with Gasteiger partial charge in [0.1, 0.15) is 17.2 Å². The van der Waals surface area contributed by atoms with E-state index in [9.17, 15) is 9.60 Å². The lowest BCUT2D eigenvalue weighted by Gasteiger charge is -2.06. The van der Waals surface area contributed by atoms with Crippen LogP contribution in [0.3, 0.4) is 0 Å². The fourth-order valence-electron chi connectivity index (χ4n) is 2.85. The van der Waals surface area contributed by atoms with E-state index >= 15 is 0 Å². The van der Waals surface area contributed by atoms with Crippen LogP contribution in [0, 0.1) is 5.82 Å². The normalized spacial score (nSPS) is 11.1. The van der Waals surface area contributed by atoms with Crippen LogP contribution in [0.5, 0.6) is 0 Å². The summed E-state index contributed by atoms with van der Waals surface area (Å²) < 4.78 is 14.4. The summed E-state index contributed by atoms with van der Waals surface area (Å²) in [6.45, 7) is 0. The molecule has 0 aliphatic carbocycles. The summed E-state index contributed by atoms with van der Waals surface area (Å²) >= 11 is 0. The maximum absolute atomic E-state index is 13.3. The molecular weight excluding hydrogens is 341 g/mol. The molecule has 2 aromatic heterocycles. The highest BCUT2D eigenvalue weighted by Crippen LogP contribution is 2.32. The van der Waals surface area contributed by atoms with Gasteiger partial charge in [0, 0.05) is 23.5 Å². The predicted molar refractivity (Wildman–Crippen MR) is 103 cm³/mol. The molecule has 0 unspecified atom stereocenters. The lowest BCUT2D eigenvalue weighted by molar-refractivity contribution is 0.188. The zero-order chi connectivity index (χ0) is 18.6. The van der Waals surface area contributed by atoms with Crippen molar-refractivity contribution in [1.29, 1.82) is 0 Å². The molecule has 0 spiro atoms. The van der Waals surface area contributed by atoms with E-state index in [0.29, 0.717) is 22.8 Å². The van der Waals surface area contributed by atoms with Crippen LogP contribution in [0.15, 0.2) is 79.1 Å². The molecule has 4 rings (SSSR count). The highest BCUT2D eigenvalue weighted by Gasteiger charge is 2.18. The van der Waals surface area contributed by atoms with Gasteiger partial charge in [-0.2, -0.15) is 4.73 Å². The van der Waals surface area contributed by atoms with Gasteiger partial charge in [-0.05, 0) is 48.0 Å². The Morgan fingerprint density at radius 3 is 2.22 bits per heavy atom. The zero-order valence-electron chi connectivity index (χ0n) is 14.3. The minimum absolute atomic E-state index is 0.336. The standard InChI is InChI=1S/C22H16FN3O/c23-19-9-7-18(8-10-19)22-21(17-12-14-24-15-13-17)25-20(26(22)27)11-6-16-4-2-1-3-5-16/h1-15,27H/b11-6+. The Morgan fingerprint density at radius 2 is 1.52 bits per heavy atom. The summed E-state index contributed by atoms with van der Waals surface area (Å²) in [6, 6.07) is 19.4. The Bertz CT molecular complexity index is 1070. The second-order valence-electron chi connectivity index (χ2n) is 5.97. The third-order valence-corrected chi connectivity index (χ3v) is 4.18. The van der Waals surface area contributed by atoms with E-state index in [1.54, 1.807) is 30.6 Å². The number of rotatable bonds is 4. The van der Waals surface area contributed by atoms with Crippen LogP contribution in [0.1, 0.15) is 11.4 Å². The van der Waals surface area contributed by atoms with Gasteiger partial charge in [-0.25, -0.2) is 9.37 Å². The second-order valence-corrected chi connectivity index (χ2v) is 5.97. The number of nitrogens with zero attached hydrogens (tertiary/aromatic N) is 3. The smallest absolute Gasteiger partial charge is 0.169 e. The fourth-order valence-corrected chi connectivity index (χ4v) is 2.85. The van der Waals surface area contributed by atoms with E-state index in [4.69, 9.17) is 0 Å². The number of aromatic nitrogens is 3. The van der Waals surface area contributed by atoms with Gasteiger partial charge in [0.2, 0.25) is 0 Å². The summed E-state index contributed by atoms with van der Waals surface area (Å²) in [7, 11) is 0. The highest BCUT2D eigenvalue weighted by atomic mass is 19.1. The highest BCUT2D eigenvalue weighted by molar-refractivity contribution is 5.81. The number of benzene rings is 2. The minimum atomic E-state index is -0.336. The van der Waals surface area contributed by atoms with Gasteiger partial charge >= 0.3 is 0 Å². The first-order valence-electron chi connectivity index (χ1n) is 8.44. The Kier molecular flexibility index (Phi) is 4.49. The van der Waals surface area contributed by atoms with Crippen LogP contribution in [0.4, 0.5) is 4.39 Å². The SMILES string of the molecule is On1c(/C=C/c2ccccc2)nc(-c2ccncc2)c1-c1ccc(F)cc1. The molecule has 0 amide bonds. The molecule has 0 aliphatic rings. The van der Waals surface area contributed by atoms with Crippen molar-refractivity contribution in [3.05, 3.63) is 96.3 Å². The van der Waals surface area contributed by atoms with Gasteiger partial charge in [0.25, 0.3) is 0 Å². The molecule has 0 fully saturated rings. The Morgan fingerprint density at radius 1 is 0.815 bits per heavy atom. The summed E-state index contributed by atoms with van der Waals surface area (Å²) in [4.78, 5) is 8.63. The first-order valence-corrected chi connectivity index (χ1v) is 8.44. The number of pyridine rings is 1. The van der Waals surface area contributed by atoms with Gasteiger partial charge < -0.3 is 5.21 Å². The Balaban J connectivity index is 1.84. The van der Waals surface area contributed by atoms with Crippen LogP contribution in [-0.2, 0) is 0 Å². The zero-order valence-corrected chi connectivity index (χ0v) is 14.3. The quantitative estimate of drug-likeness (QED) is 0.513. The van der Waals surface area contributed by atoms with Gasteiger partial charge in [0.05, 0.1) is 0 Å². The van der Waals surface area contributed by atoms with E-state index < -0.39 is 0 Å². The van der Waals surface area contributed by atoms with Crippen LogP contribution < -0.4 is 0 Å². The summed E-state index contributed by atoms with van der Waals surface area (Å²) in [5.41, 5.74) is 3.56. The molecule has 132 valence electrons. The van der Waals surface area contributed by atoms with Gasteiger partial charge in [-0.15, -0.1) is 0 Å². The van der Waals surface area contributed by atoms with Gasteiger partial charge in [-0.3, -0.25) is 4.98 Å². The molecule has 2 heterocycles. The van der Waals surface area contributed by atoms with Crippen molar-refractivity contribution in [2.24, 2.45) is 0 Å². The monoisotopic (exact) mass is 357 g/mol. The molecule has 27 heavy (non-hydrogen) atoms. The first-order chi connectivity index (χ1) is 13.2. The molecule has 0 aliphatic heterocycles. The lowest BCUT2D eigenvalue weighted by atomic mass is 10.1. The molecule has 0 saturated heterocycles. The molecular formula is C22H16FN3O. The summed E-state index contributed by atoms with van der Waals surface area (Å²) in [5, 5.41) is 10.8. The second kappa shape index (κ2) is 7.25. The fraction of sp³-hybridized carbons (Fsp3) is 0. The molecule has 0 radical (unpaired) electrons. The average Bonchev–Trinajstić information content (AvgIpc) is 3.05. The molecule has 0 bridgehead atoms. The van der Waals surface area contributed by atoms with Crippen molar-refractivity contribution in [2.45, 2.75) is 0 Å². The number of halogens is 1. The molecule has 4 nitrogen and oxygen atoms in total. The maximum atomic E-state index is 13.3. The maximum Gasteiger partial charge on any atom is 0.169 e. The number of imidazole rings is 1. The number of hydrogen-bond donors (Lipinski definition) is 1. The number of hydrogen-bond acceptors (Lipinski definition) is 3. The molecule has 0 saturated carbocycles. The molecule has 1 N–H and O–H groups in total. The van der Waals surface area contributed by atoms with E-state index in [2.05, 4.69) is 9.97 Å². The van der Waals surface area contributed by atoms with Crippen LogP contribution in [-0.4, -0.2) is 19.9 Å². The first kappa shape index (κ1) is 16.7. The van der Waals surface area contributed by atoms with Crippen LogP contribution in [0.25, 0.3) is 34.7 Å². The van der Waals surface area contributed by atoms with Crippen molar-refractivity contribution in [2.75, 3.05) is 0 Å². The van der Waals surface area contributed by atoms with Crippen molar-refractivity contribution >= 4 is 12.2 Å². The minimum Gasteiger partial charge on any atom is -0.426 e. The third kappa shape index (κ3) is 3.48. The average molecular weight is 357 g/mol. The Hall–Kier alpha value is -3.73. The van der Waals surface area contributed by atoms with Crippen molar-refractivity contribution in [3.8, 4) is 22.5 Å². The molecule has 0 atom stereocenters. The van der Waals surface area contributed by atoms with E-state index in [-0.39, 0.29) is 5.82 Å². The van der Waals surface area contributed by atoms with E-state index in [1.807, 2.05) is 48.5 Å². The Labute approximate surface area is 155 Å². The molecule has 4 aromatic rings. The molecule has 2 aromatic carbocycles. The van der Waals surface area contributed by atoms with E-state index in [0.717, 1.165) is 15.9 Å². The van der Waals surface area contributed by atoms with Crippen LogP contribution in [0.2, 0.25) is 0 Å². The lowest BCUT2D eigenvalue weighted by Crippen LogP contribution is -1.97. The largest absolute Gasteiger partial charge is 0.426 e. The topological polar surface area (TPSA) is 50.9 Å². The van der Waals surface area contributed by atoms with E-state index in [1.165, 1.54) is 12.1 Å². The third-order valence-electron chi connectivity index (χ3n) is 4.18. The van der Waals surface area contributed by atoms with Crippen molar-refractivity contribution in [3.63, 3.8) is 0 Å². The van der Waals surface area contributed by atoms with Crippen LogP contribution >= 0.6 is 0 Å². The predicted octanol–water partition coefficient (Wildman–Crippen LogP) is 5.16. The van der Waals surface area contributed by atoms with Crippen molar-refractivity contribution < 1.29 is 9.60 Å². The van der Waals surface area contributed by atoms with Gasteiger partial charge in [0.15, 0.2) is 5.82 Å². The van der Waals surface area contributed by atoms with Gasteiger partial charge in [-0.1, -0.05) is 36.4 Å². The summed E-state index contributed by atoms with van der Waals surface area (Å²) in [6.07, 6.45) is 6.95.